The molecule has 1 aliphatic carbocycles. The van der Waals surface area contributed by atoms with E-state index in [-0.39, 0.29) is 24.3 Å². The smallest absolute Gasteiger partial charge is 0.244 e. The van der Waals surface area contributed by atoms with Crippen molar-refractivity contribution in [1.82, 2.24) is 0 Å². The van der Waals surface area contributed by atoms with E-state index in [1.807, 2.05) is 58.0 Å². The maximum absolute atomic E-state index is 13.4. The molecular weight excluding hydrogens is 362 g/mol. The van der Waals surface area contributed by atoms with Crippen LogP contribution in [-0.4, -0.2) is 24.1 Å². The van der Waals surface area contributed by atoms with Gasteiger partial charge in [-0.2, -0.15) is 0 Å². The Morgan fingerprint density at radius 3 is 2.62 bits per heavy atom. The summed E-state index contributed by atoms with van der Waals surface area (Å²) in [7, 11) is 0. The Morgan fingerprint density at radius 2 is 1.86 bits per heavy atom. The zero-order valence-corrected chi connectivity index (χ0v) is 17.5. The van der Waals surface area contributed by atoms with Gasteiger partial charge in [-0.25, -0.2) is 0 Å². The Labute approximate surface area is 171 Å². The summed E-state index contributed by atoms with van der Waals surface area (Å²) in [6.45, 7) is 8.05. The van der Waals surface area contributed by atoms with E-state index in [1.165, 1.54) is 0 Å². The highest BCUT2D eigenvalue weighted by Crippen LogP contribution is 2.39. The second kappa shape index (κ2) is 7.47. The van der Waals surface area contributed by atoms with Crippen LogP contribution in [0.5, 0.6) is 0 Å². The summed E-state index contributed by atoms with van der Waals surface area (Å²) < 4.78 is 0. The van der Waals surface area contributed by atoms with Crippen LogP contribution in [0.1, 0.15) is 41.5 Å². The summed E-state index contributed by atoms with van der Waals surface area (Å²) in [6, 6.07) is 9.93. The molecule has 150 valence electrons. The van der Waals surface area contributed by atoms with Crippen LogP contribution in [0.15, 0.2) is 35.3 Å². The standard InChI is InChI=1S/C24H27N3O2/c1-14-8-9-19(17(4)10-14)26-23(28)13-27-22-12-16(3)15(2)11-21(22)25-20-7-5-6-18(20)24(27)29/h8-12,18H,5-7,13H2,1-4H3,(H,26,28)/t18-/m1/s1. The van der Waals surface area contributed by atoms with E-state index in [1.54, 1.807) is 4.90 Å². The molecule has 5 nitrogen and oxygen atoms in total. The molecule has 1 fully saturated rings. The topological polar surface area (TPSA) is 61.8 Å². The Bertz CT molecular complexity index is 1040. The molecule has 4 rings (SSSR count). The average molecular weight is 389 g/mol. The number of carbonyl (C=O) groups is 2. The largest absolute Gasteiger partial charge is 0.324 e. The lowest BCUT2D eigenvalue weighted by Crippen LogP contribution is -2.42. The first-order chi connectivity index (χ1) is 13.8. The van der Waals surface area contributed by atoms with Crippen molar-refractivity contribution in [2.45, 2.75) is 47.0 Å². The van der Waals surface area contributed by atoms with Crippen LogP contribution in [0.4, 0.5) is 17.1 Å². The zero-order chi connectivity index (χ0) is 20.7. The van der Waals surface area contributed by atoms with E-state index in [4.69, 9.17) is 4.99 Å². The summed E-state index contributed by atoms with van der Waals surface area (Å²) in [4.78, 5) is 32.7. The fourth-order valence-corrected chi connectivity index (χ4v) is 4.23. The van der Waals surface area contributed by atoms with Crippen LogP contribution in [0.25, 0.3) is 0 Å². The first-order valence-electron chi connectivity index (χ1n) is 10.2. The summed E-state index contributed by atoms with van der Waals surface area (Å²) in [5, 5.41) is 2.97. The third kappa shape index (κ3) is 3.69. The molecule has 2 aromatic rings. The summed E-state index contributed by atoms with van der Waals surface area (Å²) in [5.41, 5.74) is 7.64. The van der Waals surface area contributed by atoms with Gasteiger partial charge in [-0.15, -0.1) is 0 Å². The minimum atomic E-state index is -0.211. The highest BCUT2D eigenvalue weighted by atomic mass is 16.2. The number of amides is 2. The Balaban J connectivity index is 1.66. The van der Waals surface area contributed by atoms with Crippen molar-refractivity contribution in [2.75, 3.05) is 16.8 Å². The fourth-order valence-electron chi connectivity index (χ4n) is 4.23. The van der Waals surface area contributed by atoms with Gasteiger partial charge in [-0.05, 0) is 81.8 Å². The number of fused-ring (bicyclic) bond motifs is 2. The van der Waals surface area contributed by atoms with Crippen molar-refractivity contribution < 1.29 is 9.59 Å². The van der Waals surface area contributed by atoms with Gasteiger partial charge >= 0.3 is 0 Å². The highest BCUT2D eigenvalue weighted by Gasteiger charge is 2.37. The van der Waals surface area contributed by atoms with E-state index in [2.05, 4.69) is 5.32 Å². The molecule has 1 atom stereocenters. The van der Waals surface area contributed by atoms with Crippen LogP contribution in [-0.2, 0) is 9.59 Å². The van der Waals surface area contributed by atoms with Gasteiger partial charge in [0.2, 0.25) is 11.8 Å². The monoisotopic (exact) mass is 389 g/mol. The second-order valence-corrected chi connectivity index (χ2v) is 8.26. The van der Waals surface area contributed by atoms with E-state index in [9.17, 15) is 9.59 Å². The van der Waals surface area contributed by atoms with Gasteiger partial charge in [-0.3, -0.25) is 14.6 Å². The van der Waals surface area contributed by atoms with Crippen molar-refractivity contribution in [1.29, 1.82) is 0 Å². The van der Waals surface area contributed by atoms with Crippen LogP contribution >= 0.6 is 0 Å². The molecular formula is C24H27N3O2. The Morgan fingerprint density at radius 1 is 1.10 bits per heavy atom. The van der Waals surface area contributed by atoms with Gasteiger partial charge in [0.15, 0.2) is 0 Å². The molecule has 1 aliphatic heterocycles. The maximum atomic E-state index is 13.4. The molecule has 0 saturated heterocycles. The fraction of sp³-hybridized carbons (Fsp3) is 0.375. The minimum Gasteiger partial charge on any atom is -0.324 e. The van der Waals surface area contributed by atoms with Crippen molar-refractivity contribution in [3.63, 3.8) is 0 Å². The number of nitrogens with one attached hydrogen (secondary N) is 1. The predicted octanol–water partition coefficient (Wildman–Crippen LogP) is 4.78. The predicted molar refractivity (Wildman–Crippen MR) is 117 cm³/mol. The molecule has 0 aromatic heterocycles. The van der Waals surface area contributed by atoms with Crippen molar-refractivity contribution in [2.24, 2.45) is 10.9 Å². The Hall–Kier alpha value is -2.95. The molecule has 1 saturated carbocycles. The number of benzene rings is 2. The minimum absolute atomic E-state index is 0.0129. The van der Waals surface area contributed by atoms with E-state index in [0.29, 0.717) is 0 Å². The normalized spacial score (nSPS) is 18.1. The molecule has 5 heteroatoms. The molecule has 0 radical (unpaired) electrons. The van der Waals surface area contributed by atoms with Crippen LogP contribution < -0.4 is 10.2 Å². The number of rotatable bonds is 3. The van der Waals surface area contributed by atoms with Crippen molar-refractivity contribution in [3.8, 4) is 0 Å². The number of aliphatic imine (C=N–C) groups is 1. The number of hydrogen-bond donors (Lipinski definition) is 1. The molecule has 0 unspecified atom stereocenters. The number of carbonyl (C=O) groups excluding carboxylic acids is 2. The first kappa shape index (κ1) is 19.4. The summed E-state index contributed by atoms with van der Waals surface area (Å²) >= 11 is 0. The average Bonchev–Trinajstić information content (AvgIpc) is 3.09. The highest BCUT2D eigenvalue weighted by molar-refractivity contribution is 6.17. The van der Waals surface area contributed by atoms with Crippen LogP contribution in [0.3, 0.4) is 0 Å². The number of aryl methyl sites for hydroxylation is 4. The van der Waals surface area contributed by atoms with Gasteiger partial charge in [-0.1, -0.05) is 17.7 Å². The van der Waals surface area contributed by atoms with Gasteiger partial charge in [0.1, 0.15) is 6.54 Å². The second-order valence-electron chi connectivity index (χ2n) is 8.26. The van der Waals surface area contributed by atoms with Crippen LogP contribution in [0.2, 0.25) is 0 Å². The molecule has 2 amide bonds. The van der Waals surface area contributed by atoms with Crippen LogP contribution in [0, 0.1) is 33.6 Å². The quantitative estimate of drug-likeness (QED) is 0.821. The third-order valence-electron chi connectivity index (χ3n) is 6.00. The lowest BCUT2D eigenvalue weighted by atomic mass is 10.0. The molecule has 29 heavy (non-hydrogen) atoms. The van der Waals surface area contributed by atoms with E-state index < -0.39 is 0 Å². The van der Waals surface area contributed by atoms with Crippen molar-refractivity contribution in [3.05, 3.63) is 52.6 Å². The zero-order valence-electron chi connectivity index (χ0n) is 17.5. The van der Waals surface area contributed by atoms with Gasteiger partial charge in [0.25, 0.3) is 0 Å². The van der Waals surface area contributed by atoms with Gasteiger partial charge < -0.3 is 10.2 Å². The molecule has 0 bridgehead atoms. The number of hydrogen-bond acceptors (Lipinski definition) is 3. The van der Waals surface area contributed by atoms with Gasteiger partial charge in [0.05, 0.1) is 17.3 Å². The third-order valence-corrected chi connectivity index (χ3v) is 6.00. The Kier molecular flexibility index (Phi) is 4.99. The number of nitrogens with zero attached hydrogens (tertiary/aromatic N) is 2. The molecule has 2 aliphatic rings. The lowest BCUT2D eigenvalue weighted by molar-refractivity contribution is -0.122. The number of anilines is 2. The summed E-state index contributed by atoms with van der Waals surface area (Å²) in [5.74, 6) is -0.424. The van der Waals surface area contributed by atoms with E-state index in [0.717, 1.165) is 64.3 Å². The summed E-state index contributed by atoms with van der Waals surface area (Å²) in [6.07, 6.45) is 2.63. The molecule has 2 aromatic carbocycles. The lowest BCUT2D eigenvalue weighted by Gasteiger charge is -2.25. The molecule has 0 spiro atoms. The SMILES string of the molecule is Cc1ccc(NC(=O)CN2C(=O)[C@@H]3CCCC3=Nc3cc(C)c(C)cc32)c(C)c1. The van der Waals surface area contributed by atoms with E-state index >= 15 is 0 Å². The maximum Gasteiger partial charge on any atom is 0.244 e. The first-order valence-corrected chi connectivity index (χ1v) is 10.2. The van der Waals surface area contributed by atoms with Gasteiger partial charge in [0, 0.05) is 11.4 Å². The molecule has 1 N–H and O–H groups in total. The van der Waals surface area contributed by atoms with Crippen molar-refractivity contribution >= 4 is 34.6 Å². The molecule has 1 heterocycles.